The van der Waals surface area contributed by atoms with Gasteiger partial charge >= 0.3 is 0 Å². The fraction of sp³-hybridized carbons (Fsp3) is 0.389. The van der Waals surface area contributed by atoms with Gasteiger partial charge in [-0.2, -0.15) is 0 Å². The SMILES string of the molecule is CCC1c2ccsc2CCN1C(=O)c1ccc(C)c(C)c1. The first-order valence-electron chi connectivity index (χ1n) is 7.56. The Kier molecular flexibility index (Phi) is 3.85. The average molecular weight is 299 g/mol. The number of fused-ring (bicyclic) bond motifs is 1. The molecule has 21 heavy (non-hydrogen) atoms. The van der Waals surface area contributed by atoms with Crippen molar-refractivity contribution in [2.75, 3.05) is 6.54 Å². The Balaban J connectivity index is 1.92. The summed E-state index contributed by atoms with van der Waals surface area (Å²) in [6.45, 7) is 7.14. The summed E-state index contributed by atoms with van der Waals surface area (Å²) in [4.78, 5) is 16.4. The van der Waals surface area contributed by atoms with E-state index in [0.717, 1.165) is 24.9 Å². The summed E-state index contributed by atoms with van der Waals surface area (Å²) < 4.78 is 0. The van der Waals surface area contributed by atoms with Crippen molar-refractivity contribution in [2.24, 2.45) is 0 Å². The van der Waals surface area contributed by atoms with E-state index in [-0.39, 0.29) is 11.9 Å². The standard InChI is InChI=1S/C18H21NOS/c1-4-16-15-8-10-21-17(15)7-9-19(16)18(20)14-6-5-12(2)13(3)11-14/h5-6,8,10-11,16H,4,7,9H2,1-3H3. The largest absolute Gasteiger partial charge is 0.331 e. The lowest BCUT2D eigenvalue weighted by Gasteiger charge is -2.35. The molecule has 0 spiro atoms. The highest BCUT2D eigenvalue weighted by Crippen LogP contribution is 2.36. The molecule has 0 bridgehead atoms. The van der Waals surface area contributed by atoms with Gasteiger partial charge in [0.2, 0.25) is 0 Å². The fourth-order valence-corrected chi connectivity index (χ4v) is 4.05. The number of aryl methyl sites for hydroxylation is 2. The van der Waals surface area contributed by atoms with Gasteiger partial charge in [0.1, 0.15) is 0 Å². The molecule has 1 unspecified atom stereocenters. The van der Waals surface area contributed by atoms with Crippen LogP contribution in [0, 0.1) is 13.8 Å². The second-order valence-corrected chi connectivity index (χ2v) is 6.77. The number of thiophene rings is 1. The smallest absolute Gasteiger partial charge is 0.254 e. The number of carbonyl (C=O) groups is 1. The molecule has 0 fully saturated rings. The van der Waals surface area contributed by atoms with E-state index < -0.39 is 0 Å². The topological polar surface area (TPSA) is 20.3 Å². The second-order valence-electron chi connectivity index (χ2n) is 5.77. The Morgan fingerprint density at radius 2 is 2.10 bits per heavy atom. The van der Waals surface area contributed by atoms with Crippen molar-refractivity contribution < 1.29 is 4.79 Å². The van der Waals surface area contributed by atoms with Crippen LogP contribution in [0.3, 0.4) is 0 Å². The molecule has 2 nitrogen and oxygen atoms in total. The van der Waals surface area contributed by atoms with Gasteiger partial charge in [0.15, 0.2) is 0 Å². The van der Waals surface area contributed by atoms with E-state index in [1.54, 1.807) is 0 Å². The molecule has 0 saturated heterocycles. The van der Waals surface area contributed by atoms with Crippen LogP contribution >= 0.6 is 11.3 Å². The zero-order valence-electron chi connectivity index (χ0n) is 12.8. The maximum atomic E-state index is 12.9. The van der Waals surface area contributed by atoms with E-state index in [1.165, 1.54) is 21.6 Å². The minimum atomic E-state index is 0.168. The van der Waals surface area contributed by atoms with Crippen molar-refractivity contribution in [1.29, 1.82) is 0 Å². The van der Waals surface area contributed by atoms with E-state index in [4.69, 9.17) is 0 Å². The van der Waals surface area contributed by atoms with Crippen LogP contribution in [-0.4, -0.2) is 17.4 Å². The molecule has 1 aliphatic rings. The van der Waals surface area contributed by atoms with Crippen molar-refractivity contribution >= 4 is 17.2 Å². The Bertz CT molecular complexity index is 674. The first kappa shape index (κ1) is 14.3. The minimum Gasteiger partial charge on any atom is -0.331 e. The van der Waals surface area contributed by atoms with E-state index in [1.807, 2.05) is 29.5 Å². The van der Waals surface area contributed by atoms with Crippen molar-refractivity contribution in [2.45, 2.75) is 39.7 Å². The van der Waals surface area contributed by atoms with Crippen LogP contribution in [0.1, 0.15) is 51.3 Å². The molecule has 1 amide bonds. The quantitative estimate of drug-likeness (QED) is 0.798. The molecule has 2 heterocycles. The lowest BCUT2D eigenvalue weighted by atomic mass is 9.96. The summed E-state index contributed by atoms with van der Waals surface area (Å²) >= 11 is 1.82. The van der Waals surface area contributed by atoms with Crippen LogP contribution in [0.2, 0.25) is 0 Å². The van der Waals surface area contributed by atoms with E-state index in [9.17, 15) is 4.79 Å². The molecule has 3 rings (SSSR count). The zero-order valence-corrected chi connectivity index (χ0v) is 13.7. The summed E-state index contributed by atoms with van der Waals surface area (Å²) in [5, 5.41) is 2.15. The number of amides is 1. The van der Waals surface area contributed by atoms with Crippen LogP contribution in [0.5, 0.6) is 0 Å². The van der Waals surface area contributed by atoms with Crippen LogP contribution in [0.15, 0.2) is 29.6 Å². The predicted molar refractivity (Wildman–Crippen MR) is 88.0 cm³/mol. The second kappa shape index (κ2) is 5.64. The van der Waals surface area contributed by atoms with Gasteiger partial charge in [0.25, 0.3) is 5.91 Å². The summed E-state index contributed by atoms with van der Waals surface area (Å²) in [5.74, 6) is 0.168. The highest BCUT2D eigenvalue weighted by atomic mass is 32.1. The van der Waals surface area contributed by atoms with Gasteiger partial charge in [-0.25, -0.2) is 0 Å². The third kappa shape index (κ3) is 2.51. The number of benzene rings is 1. The first-order valence-corrected chi connectivity index (χ1v) is 8.44. The number of hydrogen-bond donors (Lipinski definition) is 0. The first-order chi connectivity index (χ1) is 10.1. The van der Waals surface area contributed by atoms with Gasteiger partial charge in [0.05, 0.1) is 6.04 Å². The monoisotopic (exact) mass is 299 g/mol. The molecule has 1 aromatic carbocycles. The van der Waals surface area contributed by atoms with Gasteiger partial charge in [-0.15, -0.1) is 11.3 Å². The van der Waals surface area contributed by atoms with Crippen LogP contribution in [-0.2, 0) is 6.42 Å². The Labute approximate surface area is 130 Å². The average Bonchev–Trinajstić information content (AvgIpc) is 2.96. The maximum Gasteiger partial charge on any atom is 0.254 e. The van der Waals surface area contributed by atoms with Crippen LogP contribution in [0.4, 0.5) is 0 Å². The molecule has 3 heteroatoms. The van der Waals surface area contributed by atoms with Crippen LogP contribution < -0.4 is 0 Å². The van der Waals surface area contributed by atoms with Crippen molar-refractivity contribution in [1.82, 2.24) is 4.90 Å². The van der Waals surface area contributed by atoms with E-state index in [2.05, 4.69) is 37.1 Å². The molecule has 1 aromatic heterocycles. The number of nitrogens with zero attached hydrogens (tertiary/aromatic N) is 1. The molecule has 0 saturated carbocycles. The molecular formula is C18H21NOS. The molecular weight excluding hydrogens is 278 g/mol. The van der Waals surface area contributed by atoms with Crippen LogP contribution in [0.25, 0.3) is 0 Å². The normalized spacial score (nSPS) is 17.7. The molecule has 110 valence electrons. The van der Waals surface area contributed by atoms with Gasteiger partial charge < -0.3 is 4.90 Å². The molecule has 1 aliphatic heterocycles. The molecule has 0 aliphatic carbocycles. The molecule has 0 N–H and O–H groups in total. The summed E-state index contributed by atoms with van der Waals surface area (Å²) in [6, 6.07) is 8.44. The predicted octanol–water partition coefficient (Wildman–Crippen LogP) is 4.51. The fourth-order valence-electron chi connectivity index (χ4n) is 3.12. The Morgan fingerprint density at radius 1 is 1.29 bits per heavy atom. The maximum absolute atomic E-state index is 12.9. The van der Waals surface area contributed by atoms with Crippen molar-refractivity contribution in [3.8, 4) is 0 Å². The van der Waals surface area contributed by atoms with Gasteiger partial charge in [-0.1, -0.05) is 13.0 Å². The summed E-state index contributed by atoms with van der Waals surface area (Å²) in [6.07, 6.45) is 1.96. The highest BCUT2D eigenvalue weighted by Gasteiger charge is 2.30. The Hall–Kier alpha value is -1.61. The summed E-state index contributed by atoms with van der Waals surface area (Å²) in [5.41, 5.74) is 4.58. The minimum absolute atomic E-state index is 0.168. The molecule has 0 radical (unpaired) electrons. The highest BCUT2D eigenvalue weighted by molar-refractivity contribution is 7.10. The summed E-state index contributed by atoms with van der Waals surface area (Å²) in [7, 11) is 0. The van der Waals surface area contributed by atoms with E-state index >= 15 is 0 Å². The van der Waals surface area contributed by atoms with E-state index in [0.29, 0.717) is 0 Å². The lowest BCUT2D eigenvalue weighted by molar-refractivity contribution is 0.0657. The number of carbonyl (C=O) groups excluding carboxylic acids is 1. The number of rotatable bonds is 2. The molecule has 1 atom stereocenters. The van der Waals surface area contributed by atoms with Gasteiger partial charge in [-0.3, -0.25) is 4.79 Å². The van der Waals surface area contributed by atoms with Gasteiger partial charge in [-0.05, 0) is 67.0 Å². The number of hydrogen-bond acceptors (Lipinski definition) is 2. The zero-order chi connectivity index (χ0) is 15.0. The third-order valence-corrected chi connectivity index (χ3v) is 5.49. The van der Waals surface area contributed by atoms with Crippen molar-refractivity contribution in [3.05, 3.63) is 56.8 Å². The molecule has 2 aromatic rings. The third-order valence-electron chi connectivity index (χ3n) is 4.50. The lowest BCUT2D eigenvalue weighted by Crippen LogP contribution is -2.39. The Morgan fingerprint density at radius 3 is 2.81 bits per heavy atom. The van der Waals surface area contributed by atoms with Crippen molar-refractivity contribution in [3.63, 3.8) is 0 Å². The van der Waals surface area contributed by atoms with Gasteiger partial charge in [0, 0.05) is 17.0 Å².